The molecule has 1 aromatic carbocycles. The van der Waals surface area contributed by atoms with Crippen molar-refractivity contribution in [1.82, 2.24) is 19.1 Å². The first-order valence-electron chi connectivity index (χ1n) is 8.07. The molecule has 0 bridgehead atoms. The number of ether oxygens (including phenoxy) is 1. The molecule has 0 fully saturated rings. The number of benzene rings is 1. The largest absolute Gasteiger partial charge is 0.383 e. The van der Waals surface area contributed by atoms with Crippen LogP contribution in [-0.2, 0) is 18.3 Å². The third kappa shape index (κ3) is 3.29. The average molecular weight is 356 g/mol. The second kappa shape index (κ2) is 7.36. The molecule has 9 nitrogen and oxygen atoms in total. The Morgan fingerprint density at radius 1 is 1.31 bits per heavy atom. The Hall–Kier alpha value is -3.20. The van der Waals surface area contributed by atoms with Crippen molar-refractivity contribution in [2.75, 3.05) is 19.1 Å². The van der Waals surface area contributed by atoms with Crippen molar-refractivity contribution in [3.63, 3.8) is 0 Å². The van der Waals surface area contributed by atoms with Gasteiger partial charge in [-0.15, -0.1) is 0 Å². The second-order valence-corrected chi connectivity index (χ2v) is 5.75. The van der Waals surface area contributed by atoms with Crippen molar-refractivity contribution in [3.8, 4) is 0 Å². The third-order valence-corrected chi connectivity index (χ3v) is 4.04. The number of hydrazone groups is 1. The molecule has 0 saturated heterocycles. The van der Waals surface area contributed by atoms with Crippen LogP contribution >= 0.6 is 0 Å². The van der Waals surface area contributed by atoms with Crippen LogP contribution in [0, 0.1) is 0 Å². The Morgan fingerprint density at radius 2 is 2.04 bits per heavy atom. The lowest BCUT2D eigenvalue weighted by atomic mass is 10.1. The van der Waals surface area contributed by atoms with Crippen LogP contribution in [0.2, 0.25) is 0 Å². The molecule has 3 aromatic rings. The van der Waals surface area contributed by atoms with Gasteiger partial charge in [0.25, 0.3) is 5.56 Å². The van der Waals surface area contributed by atoms with Gasteiger partial charge >= 0.3 is 5.69 Å². The van der Waals surface area contributed by atoms with Gasteiger partial charge in [0.2, 0.25) is 5.95 Å². The fourth-order valence-electron chi connectivity index (χ4n) is 2.60. The maximum atomic E-state index is 12.3. The third-order valence-electron chi connectivity index (χ3n) is 4.04. The molecule has 0 aliphatic heterocycles. The average Bonchev–Trinajstić information content (AvgIpc) is 3.02. The van der Waals surface area contributed by atoms with Crippen LogP contribution < -0.4 is 16.7 Å². The molecule has 0 aliphatic carbocycles. The summed E-state index contributed by atoms with van der Waals surface area (Å²) >= 11 is 0. The Balaban J connectivity index is 2.07. The van der Waals surface area contributed by atoms with Crippen LogP contribution in [0.4, 0.5) is 5.95 Å². The minimum Gasteiger partial charge on any atom is -0.383 e. The number of hydrogen-bond donors (Lipinski definition) is 2. The van der Waals surface area contributed by atoms with Crippen LogP contribution in [0.15, 0.2) is 45.0 Å². The number of nitrogens with zero attached hydrogens (tertiary/aromatic N) is 4. The smallest absolute Gasteiger partial charge is 0.329 e. The maximum Gasteiger partial charge on any atom is 0.329 e. The summed E-state index contributed by atoms with van der Waals surface area (Å²) in [5.41, 5.74) is 4.18. The number of rotatable bonds is 6. The highest BCUT2D eigenvalue weighted by Gasteiger charge is 2.17. The lowest BCUT2D eigenvalue weighted by molar-refractivity contribution is 0.188. The van der Waals surface area contributed by atoms with Crippen LogP contribution in [0.1, 0.15) is 12.5 Å². The van der Waals surface area contributed by atoms with E-state index < -0.39 is 11.2 Å². The van der Waals surface area contributed by atoms with E-state index in [-0.39, 0.29) is 5.65 Å². The van der Waals surface area contributed by atoms with E-state index in [0.717, 1.165) is 11.3 Å². The number of fused-ring (bicyclic) bond motifs is 1. The lowest BCUT2D eigenvalue weighted by Gasteiger charge is -2.08. The van der Waals surface area contributed by atoms with E-state index in [1.54, 1.807) is 18.7 Å². The summed E-state index contributed by atoms with van der Waals surface area (Å²) in [4.78, 5) is 30.8. The number of H-pyrrole nitrogens is 1. The van der Waals surface area contributed by atoms with E-state index in [9.17, 15) is 9.59 Å². The molecule has 9 heteroatoms. The van der Waals surface area contributed by atoms with Gasteiger partial charge in [0.05, 0.1) is 12.3 Å². The van der Waals surface area contributed by atoms with E-state index in [2.05, 4.69) is 20.5 Å². The summed E-state index contributed by atoms with van der Waals surface area (Å²) in [5.74, 6) is 0.360. The normalized spacial score (nSPS) is 11.9. The minimum atomic E-state index is -0.519. The number of hydrogen-bond acceptors (Lipinski definition) is 6. The van der Waals surface area contributed by atoms with Crippen LogP contribution in [0.3, 0.4) is 0 Å². The summed E-state index contributed by atoms with van der Waals surface area (Å²) in [6.45, 7) is 2.63. The first-order chi connectivity index (χ1) is 12.5. The van der Waals surface area contributed by atoms with Gasteiger partial charge in [-0.1, -0.05) is 30.3 Å². The van der Waals surface area contributed by atoms with E-state index in [4.69, 9.17) is 4.74 Å². The van der Waals surface area contributed by atoms with Crippen molar-refractivity contribution >= 4 is 22.8 Å². The second-order valence-electron chi connectivity index (χ2n) is 5.75. The lowest BCUT2D eigenvalue weighted by Crippen LogP contribution is -2.29. The molecule has 0 amide bonds. The molecular weight excluding hydrogens is 336 g/mol. The number of aryl methyl sites for hydroxylation is 1. The molecule has 0 saturated carbocycles. The molecule has 0 spiro atoms. The molecular formula is C17H20N6O3. The molecule has 0 atom stereocenters. The molecule has 2 aromatic heterocycles. The maximum absolute atomic E-state index is 12.3. The number of aromatic amines is 1. The summed E-state index contributed by atoms with van der Waals surface area (Å²) in [7, 11) is 3.13. The molecule has 26 heavy (non-hydrogen) atoms. The van der Waals surface area contributed by atoms with Gasteiger partial charge in [-0.25, -0.2) is 10.2 Å². The zero-order chi connectivity index (χ0) is 18.7. The van der Waals surface area contributed by atoms with Crippen LogP contribution in [0.25, 0.3) is 11.2 Å². The highest BCUT2D eigenvalue weighted by molar-refractivity contribution is 5.99. The van der Waals surface area contributed by atoms with Crippen LogP contribution in [-0.4, -0.2) is 38.5 Å². The topological polar surface area (TPSA) is 106 Å². The monoisotopic (exact) mass is 356 g/mol. The Labute approximate surface area is 148 Å². The Bertz CT molecular complexity index is 1060. The van der Waals surface area contributed by atoms with Gasteiger partial charge < -0.3 is 9.30 Å². The molecule has 0 unspecified atom stereocenters. The summed E-state index contributed by atoms with van der Waals surface area (Å²) in [5, 5.41) is 4.35. The predicted octanol–water partition coefficient (Wildman–Crippen LogP) is 0.906. The summed E-state index contributed by atoms with van der Waals surface area (Å²) < 4.78 is 8.06. The van der Waals surface area contributed by atoms with Crippen molar-refractivity contribution in [2.24, 2.45) is 12.1 Å². The van der Waals surface area contributed by atoms with Gasteiger partial charge in [0.15, 0.2) is 11.2 Å². The molecule has 0 aliphatic rings. The first-order valence-corrected chi connectivity index (χ1v) is 8.07. The summed E-state index contributed by atoms with van der Waals surface area (Å²) in [6, 6.07) is 9.68. The summed E-state index contributed by atoms with van der Waals surface area (Å²) in [6.07, 6.45) is 0. The van der Waals surface area contributed by atoms with Gasteiger partial charge in [-0.3, -0.25) is 14.3 Å². The first kappa shape index (κ1) is 17.6. The fourth-order valence-corrected chi connectivity index (χ4v) is 2.60. The van der Waals surface area contributed by atoms with Crippen molar-refractivity contribution in [1.29, 1.82) is 0 Å². The number of methoxy groups -OCH3 is 1. The Kier molecular flexibility index (Phi) is 4.99. The molecule has 3 rings (SSSR count). The standard InChI is InChI=1S/C17H20N6O3/c1-11(12-7-5-4-6-8-12)20-21-16-18-14-13(23(16)9-10-26-3)15(24)19-17(25)22(14)2/h4-8H,9-10H2,1-3H3,(H,18,21)(H,19,24,25). The number of anilines is 1. The number of aromatic nitrogens is 4. The SMILES string of the molecule is COCCn1c(NN=C(C)c2ccccc2)nc2c1c(=O)[nH]c(=O)n2C. The van der Waals surface area contributed by atoms with Crippen molar-refractivity contribution < 1.29 is 4.74 Å². The Morgan fingerprint density at radius 3 is 2.73 bits per heavy atom. The fraction of sp³-hybridized carbons (Fsp3) is 0.294. The molecule has 2 heterocycles. The zero-order valence-corrected chi connectivity index (χ0v) is 14.8. The predicted molar refractivity (Wildman–Crippen MR) is 99.7 cm³/mol. The van der Waals surface area contributed by atoms with Crippen LogP contribution in [0.5, 0.6) is 0 Å². The highest BCUT2D eigenvalue weighted by Crippen LogP contribution is 2.15. The number of nitrogens with one attached hydrogen (secondary N) is 2. The van der Waals surface area contributed by atoms with Gasteiger partial charge in [-0.05, 0) is 12.5 Å². The van der Waals surface area contributed by atoms with E-state index in [0.29, 0.717) is 24.6 Å². The zero-order valence-electron chi connectivity index (χ0n) is 14.8. The van der Waals surface area contributed by atoms with Gasteiger partial charge in [0, 0.05) is 20.7 Å². The quantitative estimate of drug-likeness (QED) is 0.504. The van der Waals surface area contributed by atoms with E-state index >= 15 is 0 Å². The molecule has 0 radical (unpaired) electrons. The van der Waals surface area contributed by atoms with Gasteiger partial charge in [-0.2, -0.15) is 10.1 Å². The van der Waals surface area contributed by atoms with Crippen molar-refractivity contribution in [3.05, 3.63) is 56.7 Å². The minimum absolute atomic E-state index is 0.282. The van der Waals surface area contributed by atoms with Crippen molar-refractivity contribution in [2.45, 2.75) is 13.5 Å². The van der Waals surface area contributed by atoms with E-state index in [1.165, 1.54) is 4.57 Å². The molecule has 2 N–H and O–H groups in total. The van der Waals surface area contributed by atoms with E-state index in [1.807, 2.05) is 37.3 Å². The molecule has 136 valence electrons. The van der Waals surface area contributed by atoms with Gasteiger partial charge in [0.1, 0.15) is 0 Å². The number of imidazole rings is 1. The highest BCUT2D eigenvalue weighted by atomic mass is 16.5.